The SMILES string of the molecule is Nc1cccc2ccnc(C(=O)NCc3ccncc3)c12. The molecule has 3 rings (SSSR count). The van der Waals surface area contributed by atoms with Gasteiger partial charge in [-0.05, 0) is 35.2 Å². The number of carbonyl (C=O) groups excluding carboxylic acids is 1. The number of amides is 1. The summed E-state index contributed by atoms with van der Waals surface area (Å²) in [4.78, 5) is 20.5. The largest absolute Gasteiger partial charge is 0.398 e. The highest BCUT2D eigenvalue weighted by Crippen LogP contribution is 2.23. The van der Waals surface area contributed by atoms with Gasteiger partial charge in [-0.15, -0.1) is 0 Å². The molecule has 1 amide bonds. The van der Waals surface area contributed by atoms with Crippen LogP contribution >= 0.6 is 0 Å². The fourth-order valence-corrected chi connectivity index (χ4v) is 2.20. The van der Waals surface area contributed by atoms with Crippen molar-refractivity contribution in [2.75, 3.05) is 5.73 Å². The third-order valence-corrected chi connectivity index (χ3v) is 3.24. The van der Waals surface area contributed by atoms with Gasteiger partial charge in [0.25, 0.3) is 5.91 Å². The van der Waals surface area contributed by atoms with Crippen molar-refractivity contribution in [3.8, 4) is 0 Å². The molecule has 0 radical (unpaired) electrons. The van der Waals surface area contributed by atoms with Crippen LogP contribution in [0.5, 0.6) is 0 Å². The lowest BCUT2D eigenvalue weighted by atomic mass is 10.1. The van der Waals surface area contributed by atoms with Crippen molar-refractivity contribution in [3.05, 3.63) is 66.2 Å². The number of rotatable bonds is 3. The Kier molecular flexibility index (Phi) is 3.47. The topological polar surface area (TPSA) is 80.9 Å². The van der Waals surface area contributed by atoms with E-state index < -0.39 is 0 Å². The molecule has 2 aromatic heterocycles. The zero-order valence-corrected chi connectivity index (χ0v) is 11.3. The van der Waals surface area contributed by atoms with Crippen LogP contribution in [0.2, 0.25) is 0 Å². The van der Waals surface area contributed by atoms with Gasteiger partial charge in [-0.1, -0.05) is 12.1 Å². The van der Waals surface area contributed by atoms with Gasteiger partial charge in [0, 0.05) is 36.2 Å². The Morgan fingerprint density at radius 3 is 2.71 bits per heavy atom. The maximum Gasteiger partial charge on any atom is 0.270 e. The molecule has 0 aliphatic rings. The lowest BCUT2D eigenvalue weighted by molar-refractivity contribution is 0.0948. The number of nitrogens with zero attached hydrogens (tertiary/aromatic N) is 2. The molecule has 0 atom stereocenters. The average molecular weight is 278 g/mol. The van der Waals surface area contributed by atoms with Crippen molar-refractivity contribution in [2.24, 2.45) is 0 Å². The van der Waals surface area contributed by atoms with E-state index in [1.807, 2.05) is 30.3 Å². The Hall–Kier alpha value is -2.95. The van der Waals surface area contributed by atoms with Gasteiger partial charge in [0.15, 0.2) is 0 Å². The summed E-state index contributed by atoms with van der Waals surface area (Å²) in [5.74, 6) is -0.240. The van der Waals surface area contributed by atoms with Crippen LogP contribution in [0.1, 0.15) is 16.1 Å². The quantitative estimate of drug-likeness (QED) is 0.719. The molecule has 0 spiro atoms. The van der Waals surface area contributed by atoms with Crippen LogP contribution in [-0.2, 0) is 6.54 Å². The van der Waals surface area contributed by atoms with Crippen LogP contribution in [0, 0.1) is 0 Å². The summed E-state index contributed by atoms with van der Waals surface area (Å²) < 4.78 is 0. The zero-order valence-electron chi connectivity index (χ0n) is 11.3. The summed E-state index contributed by atoms with van der Waals surface area (Å²) in [6.45, 7) is 0.423. The number of pyridine rings is 2. The van der Waals surface area contributed by atoms with E-state index in [1.54, 1.807) is 24.7 Å². The first kappa shape index (κ1) is 13.1. The number of nitrogens with one attached hydrogen (secondary N) is 1. The molecule has 21 heavy (non-hydrogen) atoms. The molecule has 0 bridgehead atoms. The van der Waals surface area contributed by atoms with Gasteiger partial charge in [-0.2, -0.15) is 0 Å². The first-order chi connectivity index (χ1) is 10.3. The van der Waals surface area contributed by atoms with Crippen molar-refractivity contribution >= 4 is 22.4 Å². The number of anilines is 1. The van der Waals surface area contributed by atoms with Crippen molar-refractivity contribution in [3.63, 3.8) is 0 Å². The Morgan fingerprint density at radius 1 is 1.10 bits per heavy atom. The van der Waals surface area contributed by atoms with E-state index in [-0.39, 0.29) is 5.91 Å². The van der Waals surface area contributed by atoms with Gasteiger partial charge in [-0.25, -0.2) is 0 Å². The Labute approximate surface area is 121 Å². The van der Waals surface area contributed by atoms with Crippen LogP contribution < -0.4 is 11.1 Å². The Morgan fingerprint density at radius 2 is 1.90 bits per heavy atom. The molecule has 104 valence electrons. The Bertz CT molecular complexity index is 781. The molecule has 3 aromatic rings. The average Bonchev–Trinajstić information content (AvgIpc) is 2.53. The number of nitrogens with two attached hydrogens (primary N) is 1. The predicted octanol–water partition coefficient (Wildman–Crippen LogP) is 2.14. The fourth-order valence-electron chi connectivity index (χ4n) is 2.20. The van der Waals surface area contributed by atoms with Gasteiger partial charge in [-0.3, -0.25) is 14.8 Å². The van der Waals surface area contributed by atoms with E-state index in [4.69, 9.17) is 5.73 Å². The van der Waals surface area contributed by atoms with E-state index in [0.29, 0.717) is 23.3 Å². The number of benzene rings is 1. The van der Waals surface area contributed by atoms with Gasteiger partial charge >= 0.3 is 0 Å². The molecule has 3 N–H and O–H groups in total. The highest BCUT2D eigenvalue weighted by molar-refractivity contribution is 6.09. The lowest BCUT2D eigenvalue weighted by Crippen LogP contribution is -2.24. The minimum atomic E-state index is -0.240. The molecule has 1 aromatic carbocycles. The second-order valence-corrected chi connectivity index (χ2v) is 4.64. The number of fused-ring (bicyclic) bond motifs is 1. The van der Waals surface area contributed by atoms with Gasteiger partial charge in [0.2, 0.25) is 0 Å². The molecule has 0 fully saturated rings. The third-order valence-electron chi connectivity index (χ3n) is 3.24. The van der Waals surface area contributed by atoms with E-state index in [9.17, 15) is 4.79 Å². The highest BCUT2D eigenvalue weighted by atomic mass is 16.1. The van der Waals surface area contributed by atoms with Crippen molar-refractivity contribution in [1.29, 1.82) is 0 Å². The molecule has 0 unspecified atom stereocenters. The lowest BCUT2D eigenvalue weighted by Gasteiger charge is -2.09. The number of carbonyl (C=O) groups is 1. The van der Waals surface area contributed by atoms with Gasteiger partial charge in [0.1, 0.15) is 5.69 Å². The van der Waals surface area contributed by atoms with Crippen LogP contribution in [0.3, 0.4) is 0 Å². The summed E-state index contributed by atoms with van der Waals surface area (Å²) >= 11 is 0. The number of nitrogen functional groups attached to an aromatic ring is 1. The molecule has 0 aliphatic heterocycles. The van der Waals surface area contributed by atoms with Crippen LogP contribution in [-0.4, -0.2) is 15.9 Å². The first-order valence-electron chi connectivity index (χ1n) is 6.56. The molecule has 5 heteroatoms. The summed E-state index contributed by atoms with van der Waals surface area (Å²) in [5.41, 5.74) is 7.85. The summed E-state index contributed by atoms with van der Waals surface area (Å²) in [6, 6.07) is 11.1. The number of hydrogen-bond acceptors (Lipinski definition) is 4. The van der Waals surface area contributed by atoms with E-state index in [2.05, 4.69) is 15.3 Å². The summed E-state index contributed by atoms with van der Waals surface area (Å²) in [7, 11) is 0. The predicted molar refractivity (Wildman–Crippen MR) is 81.6 cm³/mol. The van der Waals surface area contributed by atoms with E-state index in [0.717, 1.165) is 10.9 Å². The Balaban J connectivity index is 1.88. The normalized spacial score (nSPS) is 10.5. The number of hydrogen-bond donors (Lipinski definition) is 2. The van der Waals surface area contributed by atoms with Crippen molar-refractivity contribution in [2.45, 2.75) is 6.54 Å². The maximum absolute atomic E-state index is 12.3. The van der Waals surface area contributed by atoms with Crippen molar-refractivity contribution < 1.29 is 4.79 Å². The summed E-state index contributed by atoms with van der Waals surface area (Å²) in [5, 5.41) is 4.44. The summed E-state index contributed by atoms with van der Waals surface area (Å²) in [6.07, 6.45) is 4.99. The van der Waals surface area contributed by atoms with Gasteiger partial charge in [0.05, 0.1) is 0 Å². The molecule has 2 heterocycles. The highest BCUT2D eigenvalue weighted by Gasteiger charge is 2.13. The minimum absolute atomic E-state index is 0.240. The third kappa shape index (κ3) is 2.67. The molecule has 0 saturated heterocycles. The zero-order chi connectivity index (χ0) is 14.7. The van der Waals surface area contributed by atoms with E-state index >= 15 is 0 Å². The van der Waals surface area contributed by atoms with Crippen LogP contribution in [0.4, 0.5) is 5.69 Å². The molecule has 0 aliphatic carbocycles. The molecule has 0 saturated carbocycles. The fraction of sp³-hybridized carbons (Fsp3) is 0.0625. The molecular formula is C16H14N4O. The maximum atomic E-state index is 12.3. The monoisotopic (exact) mass is 278 g/mol. The molecule has 5 nitrogen and oxygen atoms in total. The van der Waals surface area contributed by atoms with Gasteiger partial charge < -0.3 is 11.1 Å². The van der Waals surface area contributed by atoms with E-state index in [1.165, 1.54) is 0 Å². The second kappa shape index (κ2) is 5.58. The minimum Gasteiger partial charge on any atom is -0.398 e. The van der Waals surface area contributed by atoms with Crippen molar-refractivity contribution in [1.82, 2.24) is 15.3 Å². The van der Waals surface area contributed by atoms with Crippen LogP contribution in [0.25, 0.3) is 10.8 Å². The smallest absolute Gasteiger partial charge is 0.270 e. The van der Waals surface area contributed by atoms with Crippen LogP contribution in [0.15, 0.2) is 55.0 Å². The second-order valence-electron chi connectivity index (χ2n) is 4.64. The standard InChI is InChI=1S/C16H14N4O/c17-13-3-1-2-12-6-9-19-15(14(12)13)16(21)20-10-11-4-7-18-8-5-11/h1-9H,10,17H2,(H,20,21). The molecular weight excluding hydrogens is 264 g/mol. The first-order valence-corrected chi connectivity index (χ1v) is 6.56. The number of aromatic nitrogens is 2.